The van der Waals surface area contributed by atoms with E-state index in [9.17, 15) is 23.1 Å². The molecule has 2 aromatic carbocycles. The van der Waals surface area contributed by atoms with Crippen LogP contribution < -0.4 is 19.6 Å². The molecule has 0 spiro atoms. The van der Waals surface area contributed by atoms with Gasteiger partial charge in [0.05, 0.1) is 31.8 Å². The first-order valence-corrected chi connectivity index (χ1v) is 12.6. The number of hydrazone groups is 1. The van der Waals surface area contributed by atoms with E-state index in [0.717, 1.165) is 12.8 Å². The summed E-state index contributed by atoms with van der Waals surface area (Å²) in [5, 5.41) is 16.2. The molecule has 0 heterocycles. The first kappa shape index (κ1) is 26.0. The third-order valence-corrected chi connectivity index (χ3v) is 7.21. The van der Waals surface area contributed by atoms with Gasteiger partial charge < -0.3 is 19.9 Å². The van der Waals surface area contributed by atoms with Gasteiger partial charge in [0, 0.05) is 11.8 Å². The van der Waals surface area contributed by atoms with Crippen LogP contribution in [-0.4, -0.2) is 45.3 Å². The van der Waals surface area contributed by atoms with Gasteiger partial charge in [-0.25, -0.2) is 0 Å². The normalized spacial score (nSPS) is 18.4. The number of nitrogens with one attached hydrogen (secondary N) is 2. The Morgan fingerprint density at radius 2 is 1.66 bits per heavy atom. The van der Waals surface area contributed by atoms with E-state index in [4.69, 9.17) is 9.47 Å². The number of carboxylic acids is 1. The summed E-state index contributed by atoms with van der Waals surface area (Å²) in [6, 6.07) is 11.1. The number of carboxylic acid groups (broad SMARTS) is 1. The van der Waals surface area contributed by atoms with Crippen LogP contribution in [0.25, 0.3) is 0 Å². The average Bonchev–Trinajstić information content (AvgIpc) is 2.87. The van der Waals surface area contributed by atoms with Crippen molar-refractivity contribution in [2.75, 3.05) is 19.5 Å². The number of sulfonamides is 1. The maximum atomic E-state index is 12.8. The van der Waals surface area contributed by atoms with Crippen molar-refractivity contribution in [3.05, 3.63) is 48.0 Å². The van der Waals surface area contributed by atoms with Gasteiger partial charge in [0.1, 0.15) is 16.4 Å². The van der Waals surface area contributed by atoms with Crippen molar-refractivity contribution in [1.82, 2.24) is 4.83 Å². The molecule has 188 valence electrons. The maximum absolute atomic E-state index is 12.8. The maximum Gasteiger partial charge on any atom is 0.307 e. The second kappa shape index (κ2) is 11.2. The number of nitrogens with zero attached hydrogens (tertiary/aromatic N) is 1. The third-order valence-electron chi connectivity index (χ3n) is 5.98. The lowest BCUT2D eigenvalue weighted by Crippen LogP contribution is -2.36. The van der Waals surface area contributed by atoms with Gasteiger partial charge >= 0.3 is 5.97 Å². The summed E-state index contributed by atoms with van der Waals surface area (Å²) < 4.78 is 35.8. The van der Waals surface area contributed by atoms with Crippen LogP contribution in [0, 0.1) is 11.8 Å². The van der Waals surface area contributed by atoms with Gasteiger partial charge in [-0.05, 0) is 49.6 Å². The standard InChI is InChI=1S/C24H29N3O7S/c1-15(26-27-35(31,32)22-14-18(33-2)12-13-21(22)34-3)16-8-10-17(11-9-16)25-23(28)19-6-4-5-7-20(19)24(29)30/h8-14,19-20,27H,4-7H2,1-3H3,(H,25,28)(H,29,30)/b26-15+. The third kappa shape index (κ3) is 6.30. The number of hydrogen-bond donors (Lipinski definition) is 3. The van der Waals surface area contributed by atoms with Crippen LogP contribution in [0.15, 0.2) is 52.5 Å². The molecule has 0 bridgehead atoms. The van der Waals surface area contributed by atoms with Crippen LogP contribution in [-0.2, 0) is 19.6 Å². The van der Waals surface area contributed by atoms with E-state index in [1.807, 2.05) is 0 Å². The van der Waals surface area contributed by atoms with Crippen molar-refractivity contribution < 1.29 is 32.6 Å². The van der Waals surface area contributed by atoms with Crippen LogP contribution in [0.3, 0.4) is 0 Å². The number of methoxy groups -OCH3 is 2. The second-order valence-electron chi connectivity index (χ2n) is 8.21. The summed E-state index contributed by atoms with van der Waals surface area (Å²) in [5.74, 6) is -1.99. The monoisotopic (exact) mass is 503 g/mol. The molecule has 1 fully saturated rings. The summed E-state index contributed by atoms with van der Waals surface area (Å²) in [4.78, 5) is 26.2. The quantitative estimate of drug-likeness (QED) is 0.352. The van der Waals surface area contributed by atoms with E-state index in [1.165, 1.54) is 26.4 Å². The Hall–Kier alpha value is -3.60. The van der Waals surface area contributed by atoms with Crippen LogP contribution in [0.1, 0.15) is 38.2 Å². The summed E-state index contributed by atoms with van der Waals surface area (Å²) in [7, 11) is -1.24. The largest absolute Gasteiger partial charge is 0.497 e. The molecule has 1 saturated carbocycles. The Balaban J connectivity index is 1.70. The molecule has 1 amide bonds. The predicted molar refractivity (Wildman–Crippen MR) is 130 cm³/mol. The predicted octanol–water partition coefficient (Wildman–Crippen LogP) is 3.24. The summed E-state index contributed by atoms with van der Waals surface area (Å²) >= 11 is 0. The molecule has 1 aliphatic carbocycles. The number of aliphatic carboxylic acids is 1. The molecular weight excluding hydrogens is 474 g/mol. The topological polar surface area (TPSA) is 143 Å². The fraction of sp³-hybridized carbons (Fsp3) is 0.375. The van der Waals surface area contributed by atoms with Crippen molar-refractivity contribution in [2.24, 2.45) is 16.9 Å². The number of rotatable bonds is 9. The Kier molecular flexibility index (Phi) is 8.34. The van der Waals surface area contributed by atoms with Crippen LogP contribution >= 0.6 is 0 Å². The van der Waals surface area contributed by atoms with Gasteiger partial charge in [-0.3, -0.25) is 9.59 Å². The Morgan fingerprint density at radius 3 is 2.26 bits per heavy atom. The fourth-order valence-corrected chi connectivity index (χ4v) is 5.05. The Labute approximate surface area is 204 Å². The summed E-state index contributed by atoms with van der Waals surface area (Å²) in [6.07, 6.45) is 2.68. The van der Waals surface area contributed by atoms with Crippen LogP contribution in [0.2, 0.25) is 0 Å². The van der Waals surface area contributed by atoms with E-state index >= 15 is 0 Å². The van der Waals surface area contributed by atoms with Gasteiger partial charge in [-0.1, -0.05) is 25.0 Å². The van der Waals surface area contributed by atoms with Gasteiger partial charge in [0.15, 0.2) is 0 Å². The summed E-state index contributed by atoms with van der Waals surface area (Å²) in [5.41, 5.74) is 1.54. The Bertz CT molecular complexity index is 1210. The Morgan fingerprint density at radius 1 is 1.00 bits per heavy atom. The van der Waals surface area contributed by atoms with Crippen molar-refractivity contribution in [1.29, 1.82) is 0 Å². The van der Waals surface area contributed by atoms with Gasteiger partial charge in [-0.15, -0.1) is 0 Å². The van der Waals surface area contributed by atoms with Crippen molar-refractivity contribution >= 4 is 33.3 Å². The fourth-order valence-electron chi connectivity index (χ4n) is 4.01. The SMILES string of the molecule is COc1ccc(OC)c(S(=O)(=O)N/N=C(\C)c2ccc(NC(=O)C3CCCCC3C(=O)O)cc2)c1. The molecule has 3 N–H and O–H groups in total. The molecule has 3 rings (SSSR count). The molecule has 2 unspecified atom stereocenters. The van der Waals surface area contributed by atoms with E-state index in [-0.39, 0.29) is 16.6 Å². The number of carbonyl (C=O) groups excluding carboxylic acids is 1. The second-order valence-corrected chi connectivity index (χ2v) is 9.84. The highest BCUT2D eigenvalue weighted by Crippen LogP contribution is 2.31. The van der Waals surface area contributed by atoms with Gasteiger partial charge in [0.2, 0.25) is 5.91 Å². The molecule has 10 nitrogen and oxygen atoms in total. The van der Waals surface area contributed by atoms with Crippen molar-refractivity contribution in [3.8, 4) is 11.5 Å². The van der Waals surface area contributed by atoms with Crippen molar-refractivity contribution in [3.63, 3.8) is 0 Å². The zero-order valence-corrected chi connectivity index (χ0v) is 20.6. The lowest BCUT2D eigenvalue weighted by molar-refractivity contribution is -0.147. The average molecular weight is 504 g/mol. The number of anilines is 1. The van der Waals surface area contributed by atoms with Crippen LogP contribution in [0.4, 0.5) is 5.69 Å². The number of benzene rings is 2. The molecule has 1 aliphatic rings. The molecule has 35 heavy (non-hydrogen) atoms. The molecule has 0 aliphatic heterocycles. The highest BCUT2D eigenvalue weighted by atomic mass is 32.2. The molecule has 2 aromatic rings. The molecule has 0 radical (unpaired) electrons. The van der Waals surface area contributed by atoms with E-state index in [0.29, 0.717) is 35.6 Å². The number of carbonyl (C=O) groups is 2. The minimum atomic E-state index is -4.03. The van der Waals surface area contributed by atoms with E-state index in [1.54, 1.807) is 37.3 Å². The first-order chi connectivity index (χ1) is 16.7. The first-order valence-electron chi connectivity index (χ1n) is 11.1. The van der Waals surface area contributed by atoms with E-state index < -0.39 is 27.8 Å². The zero-order chi connectivity index (χ0) is 25.6. The summed E-state index contributed by atoms with van der Waals surface area (Å²) in [6.45, 7) is 1.64. The van der Waals surface area contributed by atoms with Crippen LogP contribution in [0.5, 0.6) is 11.5 Å². The minimum Gasteiger partial charge on any atom is -0.497 e. The van der Waals surface area contributed by atoms with Crippen molar-refractivity contribution in [2.45, 2.75) is 37.5 Å². The molecule has 0 aromatic heterocycles. The number of amides is 1. The lowest BCUT2D eigenvalue weighted by Gasteiger charge is -2.27. The molecular formula is C24H29N3O7S. The molecule has 2 atom stereocenters. The zero-order valence-electron chi connectivity index (χ0n) is 19.8. The van der Waals surface area contributed by atoms with Gasteiger partial charge in [-0.2, -0.15) is 18.4 Å². The molecule has 11 heteroatoms. The molecule has 0 saturated heterocycles. The minimum absolute atomic E-state index is 0.115. The number of ether oxygens (including phenoxy) is 2. The number of hydrogen-bond acceptors (Lipinski definition) is 7. The highest BCUT2D eigenvalue weighted by Gasteiger charge is 2.35. The smallest absolute Gasteiger partial charge is 0.307 e. The van der Waals surface area contributed by atoms with E-state index in [2.05, 4.69) is 15.2 Å². The van der Waals surface area contributed by atoms with Gasteiger partial charge in [0.25, 0.3) is 10.0 Å². The lowest BCUT2D eigenvalue weighted by atomic mass is 9.78. The highest BCUT2D eigenvalue weighted by molar-refractivity contribution is 7.89.